The van der Waals surface area contributed by atoms with Gasteiger partial charge in [0.15, 0.2) is 11.5 Å². The normalized spacial score (nSPS) is 22.5. The second-order valence-electron chi connectivity index (χ2n) is 8.84. The molecule has 156 valence electrons. The van der Waals surface area contributed by atoms with Crippen molar-refractivity contribution in [2.75, 3.05) is 24.8 Å². The van der Waals surface area contributed by atoms with Gasteiger partial charge in [-0.2, -0.15) is 0 Å². The second kappa shape index (κ2) is 6.03. The number of ether oxygens (including phenoxy) is 3. The minimum atomic E-state index is -0.284. The van der Waals surface area contributed by atoms with Gasteiger partial charge in [0, 0.05) is 35.8 Å². The molecule has 3 aliphatic heterocycles. The Kier molecular flexibility index (Phi) is 3.35. The number of para-hydroxylation sites is 1. The molecule has 0 radical (unpaired) electrons. The first kappa shape index (κ1) is 17.2. The van der Waals surface area contributed by atoms with Crippen LogP contribution in [-0.4, -0.2) is 29.9 Å². The summed E-state index contributed by atoms with van der Waals surface area (Å²) in [5.74, 6) is 3.59. The molecule has 1 aliphatic carbocycles. The molecule has 0 amide bonds. The lowest BCUT2D eigenvalue weighted by molar-refractivity contribution is 0.173. The highest BCUT2D eigenvalue weighted by molar-refractivity contribution is 5.70. The molecule has 1 unspecified atom stereocenters. The summed E-state index contributed by atoms with van der Waals surface area (Å²) >= 11 is 0. The van der Waals surface area contributed by atoms with E-state index in [0.29, 0.717) is 19.1 Å². The van der Waals surface area contributed by atoms with Crippen LogP contribution in [0.3, 0.4) is 0 Å². The molecule has 0 saturated heterocycles. The number of hydrogen-bond acceptors (Lipinski definition) is 6. The Balaban J connectivity index is 1.30. The fourth-order valence-electron chi connectivity index (χ4n) is 5.20. The Morgan fingerprint density at radius 1 is 1.03 bits per heavy atom. The topological polar surface area (TPSA) is 76.7 Å². The van der Waals surface area contributed by atoms with Crippen LogP contribution in [0.25, 0.3) is 0 Å². The van der Waals surface area contributed by atoms with Gasteiger partial charge in [-0.15, -0.1) is 0 Å². The fraction of sp³-hybridized carbons (Fsp3) is 0.333. The third-order valence-electron chi connectivity index (χ3n) is 6.82. The number of fused-ring (bicyclic) bond motifs is 5. The summed E-state index contributed by atoms with van der Waals surface area (Å²) in [5.41, 5.74) is 3.97. The minimum Gasteiger partial charge on any atom is -0.492 e. The zero-order valence-electron chi connectivity index (χ0n) is 16.9. The van der Waals surface area contributed by atoms with Gasteiger partial charge in [0.2, 0.25) is 6.79 Å². The largest absolute Gasteiger partial charge is 0.492 e. The molecule has 7 rings (SSSR count). The standard InChI is InChI=1S/C24H21N3O4/c28-22-7-15(25-23(26-22)14-5-6-14)10-27-11-24(16-3-1-2-4-18(16)27)12-29-19-9-21-20(8-17(19)24)30-13-31-21/h1-4,7-9,14H,5-6,10-13H2,(H,25,26,28). The highest BCUT2D eigenvalue weighted by atomic mass is 16.7. The molecule has 1 spiro atoms. The zero-order chi connectivity index (χ0) is 20.6. The van der Waals surface area contributed by atoms with Gasteiger partial charge in [-0.3, -0.25) is 4.79 Å². The van der Waals surface area contributed by atoms with Crippen LogP contribution in [0.5, 0.6) is 17.2 Å². The van der Waals surface area contributed by atoms with E-state index in [1.807, 2.05) is 6.07 Å². The van der Waals surface area contributed by atoms with Crippen LogP contribution in [0.15, 0.2) is 47.3 Å². The summed E-state index contributed by atoms with van der Waals surface area (Å²) < 4.78 is 17.4. The average molecular weight is 415 g/mol. The van der Waals surface area contributed by atoms with Crippen molar-refractivity contribution >= 4 is 5.69 Å². The van der Waals surface area contributed by atoms with Crippen LogP contribution >= 0.6 is 0 Å². The summed E-state index contributed by atoms with van der Waals surface area (Å²) in [6.07, 6.45) is 2.21. The number of aromatic amines is 1. The highest BCUT2D eigenvalue weighted by Gasteiger charge is 2.50. The van der Waals surface area contributed by atoms with E-state index >= 15 is 0 Å². The average Bonchev–Trinajstić information content (AvgIpc) is 3.32. The van der Waals surface area contributed by atoms with Crippen LogP contribution in [0.2, 0.25) is 0 Å². The molecule has 0 bridgehead atoms. The maximum Gasteiger partial charge on any atom is 0.251 e. The smallest absolute Gasteiger partial charge is 0.251 e. The van der Waals surface area contributed by atoms with Crippen LogP contribution < -0.4 is 24.7 Å². The lowest BCUT2D eigenvalue weighted by Gasteiger charge is -2.25. The van der Waals surface area contributed by atoms with E-state index in [1.54, 1.807) is 6.07 Å². The van der Waals surface area contributed by atoms with E-state index in [1.165, 1.54) is 5.56 Å². The lowest BCUT2D eigenvalue weighted by atomic mass is 9.77. The molecule has 1 aromatic heterocycles. The molecule has 4 aliphatic rings. The Labute approximate surface area is 178 Å². The van der Waals surface area contributed by atoms with E-state index in [-0.39, 0.29) is 17.8 Å². The number of anilines is 1. The quantitative estimate of drug-likeness (QED) is 0.709. The molecule has 7 heteroatoms. The van der Waals surface area contributed by atoms with Gasteiger partial charge in [-0.25, -0.2) is 4.98 Å². The molecular weight excluding hydrogens is 394 g/mol. The Morgan fingerprint density at radius 3 is 2.74 bits per heavy atom. The SMILES string of the molecule is O=c1cc(CN2CC3(COc4cc5c(cc43)OCO5)c3ccccc32)nc(C2CC2)[nH]1. The van der Waals surface area contributed by atoms with Gasteiger partial charge in [0.05, 0.1) is 17.7 Å². The van der Waals surface area contributed by atoms with Gasteiger partial charge in [-0.05, 0) is 30.5 Å². The number of aromatic nitrogens is 2. The summed E-state index contributed by atoms with van der Waals surface area (Å²) in [6, 6.07) is 14.1. The summed E-state index contributed by atoms with van der Waals surface area (Å²) in [7, 11) is 0. The van der Waals surface area contributed by atoms with E-state index < -0.39 is 0 Å². The third kappa shape index (κ3) is 2.52. The van der Waals surface area contributed by atoms with Crippen molar-refractivity contribution in [2.24, 2.45) is 0 Å². The predicted octanol–water partition coefficient (Wildman–Crippen LogP) is 3.07. The molecule has 2 aromatic carbocycles. The first-order valence-corrected chi connectivity index (χ1v) is 10.7. The lowest BCUT2D eigenvalue weighted by Crippen LogP contribution is -2.36. The van der Waals surface area contributed by atoms with Crippen molar-refractivity contribution in [2.45, 2.75) is 30.7 Å². The van der Waals surface area contributed by atoms with Crippen molar-refractivity contribution in [1.29, 1.82) is 0 Å². The van der Waals surface area contributed by atoms with Crippen molar-refractivity contribution in [3.05, 3.63) is 75.5 Å². The van der Waals surface area contributed by atoms with Crippen LogP contribution in [0, 0.1) is 0 Å². The maximum atomic E-state index is 12.2. The minimum absolute atomic E-state index is 0.0728. The molecule has 1 atom stereocenters. The molecule has 4 heterocycles. The Hall–Kier alpha value is -3.48. The molecule has 3 aromatic rings. The number of nitrogens with zero attached hydrogens (tertiary/aromatic N) is 2. The Bertz CT molecular complexity index is 1280. The van der Waals surface area contributed by atoms with Gasteiger partial charge >= 0.3 is 0 Å². The Morgan fingerprint density at radius 2 is 1.87 bits per heavy atom. The first-order chi connectivity index (χ1) is 15.2. The van der Waals surface area contributed by atoms with Crippen molar-refractivity contribution in [1.82, 2.24) is 9.97 Å². The predicted molar refractivity (Wildman–Crippen MR) is 113 cm³/mol. The van der Waals surface area contributed by atoms with E-state index in [2.05, 4.69) is 40.2 Å². The summed E-state index contributed by atoms with van der Waals surface area (Å²) in [6.45, 7) is 2.15. The molecule has 31 heavy (non-hydrogen) atoms. The second-order valence-corrected chi connectivity index (χ2v) is 8.84. The van der Waals surface area contributed by atoms with Crippen LogP contribution in [0.4, 0.5) is 5.69 Å². The maximum absolute atomic E-state index is 12.2. The number of benzene rings is 2. The van der Waals surface area contributed by atoms with Crippen LogP contribution in [-0.2, 0) is 12.0 Å². The van der Waals surface area contributed by atoms with Gasteiger partial charge in [0.1, 0.15) is 18.2 Å². The number of hydrogen-bond donors (Lipinski definition) is 1. The number of H-pyrrole nitrogens is 1. The van der Waals surface area contributed by atoms with E-state index in [0.717, 1.165) is 59.4 Å². The van der Waals surface area contributed by atoms with Gasteiger partial charge in [-0.1, -0.05) is 18.2 Å². The molecule has 1 N–H and O–H groups in total. The highest BCUT2D eigenvalue weighted by Crippen LogP contribution is 2.54. The van der Waals surface area contributed by atoms with Crippen molar-refractivity contribution < 1.29 is 14.2 Å². The van der Waals surface area contributed by atoms with E-state index in [9.17, 15) is 4.79 Å². The molecule has 1 fully saturated rings. The number of rotatable bonds is 3. The fourth-order valence-corrected chi connectivity index (χ4v) is 5.20. The van der Waals surface area contributed by atoms with Gasteiger partial charge < -0.3 is 24.1 Å². The van der Waals surface area contributed by atoms with E-state index in [4.69, 9.17) is 19.2 Å². The summed E-state index contributed by atoms with van der Waals surface area (Å²) in [5, 5.41) is 0. The zero-order valence-corrected chi connectivity index (χ0v) is 16.9. The molecule has 1 saturated carbocycles. The number of nitrogens with one attached hydrogen (secondary N) is 1. The monoisotopic (exact) mass is 415 g/mol. The van der Waals surface area contributed by atoms with Gasteiger partial charge in [0.25, 0.3) is 5.56 Å². The molecule has 7 nitrogen and oxygen atoms in total. The van der Waals surface area contributed by atoms with Crippen molar-refractivity contribution in [3.63, 3.8) is 0 Å². The van der Waals surface area contributed by atoms with Crippen LogP contribution in [0.1, 0.15) is 41.4 Å². The third-order valence-corrected chi connectivity index (χ3v) is 6.82. The first-order valence-electron chi connectivity index (χ1n) is 10.7. The summed E-state index contributed by atoms with van der Waals surface area (Å²) in [4.78, 5) is 22.2. The van der Waals surface area contributed by atoms with Crippen molar-refractivity contribution in [3.8, 4) is 17.2 Å². The molecular formula is C24H21N3O4.